The molecule has 0 aliphatic carbocycles. The molecule has 0 saturated carbocycles. The normalized spacial score (nSPS) is 10.9. The number of hydrogen-bond acceptors (Lipinski definition) is 3. The average Bonchev–Trinajstić information content (AvgIpc) is 2.86. The summed E-state index contributed by atoms with van der Waals surface area (Å²) >= 11 is 6.06. The maximum Gasteiger partial charge on any atom is 0.357 e. The number of carbonyl (C=O) groups excluding carboxylic acids is 1. The van der Waals surface area contributed by atoms with Gasteiger partial charge in [-0.3, -0.25) is 4.40 Å². The van der Waals surface area contributed by atoms with Crippen molar-refractivity contribution in [3.8, 4) is 11.3 Å². The maximum atomic E-state index is 12.4. The van der Waals surface area contributed by atoms with Crippen LogP contribution in [0.5, 0.6) is 0 Å². The number of imidazole rings is 1. The van der Waals surface area contributed by atoms with Crippen LogP contribution in [0.25, 0.3) is 16.9 Å². The first-order valence-corrected chi connectivity index (χ1v) is 7.39. The van der Waals surface area contributed by atoms with Crippen molar-refractivity contribution in [1.29, 1.82) is 0 Å². The maximum absolute atomic E-state index is 12.4. The second kappa shape index (κ2) is 5.81. The van der Waals surface area contributed by atoms with Crippen molar-refractivity contribution in [2.75, 3.05) is 6.61 Å². The van der Waals surface area contributed by atoms with Crippen LogP contribution in [0.4, 0.5) is 0 Å². The van der Waals surface area contributed by atoms with E-state index in [9.17, 15) is 4.79 Å². The summed E-state index contributed by atoms with van der Waals surface area (Å²) in [6.45, 7) is 4.06. The first-order chi connectivity index (χ1) is 10.6. The first kappa shape index (κ1) is 14.6. The van der Waals surface area contributed by atoms with Crippen molar-refractivity contribution >= 4 is 23.2 Å². The number of pyridine rings is 1. The van der Waals surface area contributed by atoms with E-state index < -0.39 is 5.97 Å². The summed E-state index contributed by atoms with van der Waals surface area (Å²) in [6, 6.07) is 11.1. The third-order valence-corrected chi connectivity index (χ3v) is 3.57. The van der Waals surface area contributed by atoms with Crippen LogP contribution in [-0.4, -0.2) is 22.0 Å². The molecule has 2 heterocycles. The van der Waals surface area contributed by atoms with Crippen molar-refractivity contribution < 1.29 is 9.53 Å². The minimum Gasteiger partial charge on any atom is -0.461 e. The molecule has 0 saturated heterocycles. The molecular weight excluding hydrogens is 300 g/mol. The molecule has 0 radical (unpaired) electrons. The lowest BCUT2D eigenvalue weighted by atomic mass is 10.1. The molecule has 5 heteroatoms. The summed E-state index contributed by atoms with van der Waals surface area (Å²) in [5.41, 5.74) is 3.52. The van der Waals surface area contributed by atoms with Gasteiger partial charge in [-0.25, -0.2) is 9.78 Å². The Kier molecular flexibility index (Phi) is 3.86. The minimum atomic E-state index is -0.393. The van der Waals surface area contributed by atoms with Gasteiger partial charge in [0.15, 0.2) is 5.69 Å². The molecule has 2 aromatic heterocycles. The van der Waals surface area contributed by atoms with Crippen molar-refractivity contribution in [2.24, 2.45) is 0 Å². The number of nitrogens with zero attached hydrogens (tertiary/aromatic N) is 2. The van der Waals surface area contributed by atoms with E-state index in [1.54, 1.807) is 23.5 Å². The average molecular weight is 315 g/mol. The highest BCUT2D eigenvalue weighted by Gasteiger charge is 2.21. The second-order valence-electron chi connectivity index (χ2n) is 4.97. The standard InChI is InChI=1S/C17H15ClN2O2/c1-3-22-17(21)16-15(12-5-4-6-13(18)9-12)19-14-8-7-11(2)10-20(14)16/h4-10H,3H2,1-2H3. The number of hydrogen-bond donors (Lipinski definition) is 0. The Morgan fingerprint density at radius 2 is 2.14 bits per heavy atom. The number of ether oxygens (including phenoxy) is 1. The van der Waals surface area contributed by atoms with E-state index in [2.05, 4.69) is 4.98 Å². The predicted molar refractivity (Wildman–Crippen MR) is 86.3 cm³/mol. The summed E-state index contributed by atoms with van der Waals surface area (Å²) in [5, 5.41) is 0.598. The smallest absolute Gasteiger partial charge is 0.357 e. The van der Waals surface area contributed by atoms with Gasteiger partial charge >= 0.3 is 5.97 Å². The summed E-state index contributed by atoms with van der Waals surface area (Å²) in [5.74, 6) is -0.393. The third-order valence-electron chi connectivity index (χ3n) is 3.33. The lowest BCUT2D eigenvalue weighted by Gasteiger charge is -2.05. The van der Waals surface area contributed by atoms with Gasteiger partial charge in [-0.15, -0.1) is 0 Å². The molecule has 0 amide bonds. The van der Waals surface area contributed by atoms with Gasteiger partial charge in [-0.1, -0.05) is 29.8 Å². The zero-order valence-electron chi connectivity index (χ0n) is 12.3. The highest BCUT2D eigenvalue weighted by atomic mass is 35.5. The first-order valence-electron chi connectivity index (χ1n) is 7.02. The van der Waals surface area contributed by atoms with E-state index in [4.69, 9.17) is 16.3 Å². The topological polar surface area (TPSA) is 43.6 Å². The summed E-state index contributed by atoms with van der Waals surface area (Å²) < 4.78 is 6.96. The summed E-state index contributed by atoms with van der Waals surface area (Å²) in [6.07, 6.45) is 1.88. The number of aromatic nitrogens is 2. The van der Waals surface area contributed by atoms with Crippen LogP contribution in [0, 0.1) is 6.92 Å². The largest absolute Gasteiger partial charge is 0.461 e. The zero-order valence-corrected chi connectivity index (χ0v) is 13.1. The van der Waals surface area contributed by atoms with Crippen LogP contribution in [0.1, 0.15) is 23.0 Å². The number of carbonyl (C=O) groups is 1. The number of fused-ring (bicyclic) bond motifs is 1. The number of halogens is 1. The van der Waals surface area contributed by atoms with Crippen LogP contribution in [0.15, 0.2) is 42.6 Å². The Morgan fingerprint density at radius 3 is 2.86 bits per heavy atom. The Bertz CT molecular complexity index is 855. The van der Waals surface area contributed by atoms with E-state index in [1.807, 2.05) is 37.4 Å². The van der Waals surface area contributed by atoms with E-state index in [0.29, 0.717) is 28.7 Å². The zero-order chi connectivity index (χ0) is 15.7. The lowest BCUT2D eigenvalue weighted by Crippen LogP contribution is -2.09. The monoisotopic (exact) mass is 314 g/mol. The number of rotatable bonds is 3. The molecule has 112 valence electrons. The van der Waals surface area contributed by atoms with Crippen molar-refractivity contribution in [3.63, 3.8) is 0 Å². The molecule has 0 aliphatic rings. The summed E-state index contributed by atoms with van der Waals surface area (Å²) in [4.78, 5) is 17.0. The van der Waals surface area contributed by atoms with Gasteiger partial charge in [0, 0.05) is 16.8 Å². The molecule has 3 rings (SSSR count). The van der Waals surface area contributed by atoms with E-state index in [1.165, 1.54) is 0 Å². The molecule has 1 aromatic carbocycles. The number of benzene rings is 1. The van der Waals surface area contributed by atoms with Crippen LogP contribution in [0.3, 0.4) is 0 Å². The fourth-order valence-electron chi connectivity index (χ4n) is 2.38. The Hall–Kier alpha value is -2.33. The highest BCUT2D eigenvalue weighted by Crippen LogP contribution is 2.27. The van der Waals surface area contributed by atoms with Crippen LogP contribution in [0.2, 0.25) is 5.02 Å². The van der Waals surface area contributed by atoms with Crippen molar-refractivity contribution in [1.82, 2.24) is 9.38 Å². The molecule has 0 fully saturated rings. The van der Waals surface area contributed by atoms with Gasteiger partial charge in [-0.2, -0.15) is 0 Å². The molecule has 0 unspecified atom stereocenters. The molecular formula is C17H15ClN2O2. The molecule has 0 N–H and O–H groups in total. The van der Waals surface area contributed by atoms with Gasteiger partial charge in [-0.05, 0) is 37.6 Å². The Balaban J connectivity index is 2.29. The minimum absolute atomic E-state index is 0.312. The predicted octanol–water partition coefficient (Wildman–Crippen LogP) is 4.14. The van der Waals surface area contributed by atoms with Crippen LogP contribution in [-0.2, 0) is 4.74 Å². The molecule has 0 spiro atoms. The molecule has 0 bridgehead atoms. The SMILES string of the molecule is CCOC(=O)c1c(-c2cccc(Cl)c2)nc2ccc(C)cn12. The van der Waals surface area contributed by atoms with Gasteiger partial charge in [0.05, 0.1) is 6.61 Å². The summed E-state index contributed by atoms with van der Waals surface area (Å²) in [7, 11) is 0. The quantitative estimate of drug-likeness (QED) is 0.682. The Labute approximate surface area is 133 Å². The van der Waals surface area contributed by atoms with Gasteiger partial charge in [0.1, 0.15) is 11.3 Å². The molecule has 0 aliphatic heterocycles. The lowest BCUT2D eigenvalue weighted by molar-refractivity contribution is 0.0519. The molecule has 0 atom stereocenters. The fraction of sp³-hybridized carbons (Fsp3) is 0.176. The molecule has 22 heavy (non-hydrogen) atoms. The second-order valence-corrected chi connectivity index (χ2v) is 5.41. The van der Waals surface area contributed by atoms with E-state index in [0.717, 1.165) is 11.1 Å². The van der Waals surface area contributed by atoms with E-state index >= 15 is 0 Å². The van der Waals surface area contributed by atoms with Gasteiger partial charge < -0.3 is 4.74 Å². The molecule has 3 aromatic rings. The van der Waals surface area contributed by atoms with Crippen molar-refractivity contribution in [3.05, 3.63) is 58.9 Å². The van der Waals surface area contributed by atoms with E-state index in [-0.39, 0.29) is 0 Å². The number of esters is 1. The third kappa shape index (κ3) is 2.57. The van der Waals surface area contributed by atoms with Crippen molar-refractivity contribution in [2.45, 2.75) is 13.8 Å². The van der Waals surface area contributed by atoms with Gasteiger partial charge in [0.2, 0.25) is 0 Å². The Morgan fingerprint density at radius 1 is 1.32 bits per heavy atom. The van der Waals surface area contributed by atoms with Gasteiger partial charge in [0.25, 0.3) is 0 Å². The van der Waals surface area contributed by atoms with Crippen LogP contribution < -0.4 is 0 Å². The molecule has 4 nitrogen and oxygen atoms in total. The number of aryl methyl sites for hydroxylation is 1. The van der Waals surface area contributed by atoms with Crippen LogP contribution >= 0.6 is 11.6 Å². The highest BCUT2D eigenvalue weighted by molar-refractivity contribution is 6.30. The fourth-order valence-corrected chi connectivity index (χ4v) is 2.57.